The molecule has 1 amide bonds. The molecule has 0 radical (unpaired) electrons. The Kier molecular flexibility index (Phi) is 5.21. The quantitative estimate of drug-likeness (QED) is 0.455. The number of nitrogens with one attached hydrogen (secondary N) is 1. The van der Waals surface area contributed by atoms with Crippen molar-refractivity contribution in [3.63, 3.8) is 0 Å². The molecule has 1 aliphatic rings. The fourth-order valence-corrected chi connectivity index (χ4v) is 5.06. The number of hydrogen-bond donors (Lipinski definition) is 1. The van der Waals surface area contributed by atoms with Gasteiger partial charge in [-0.1, -0.05) is 29.8 Å². The number of carbonyl (C=O) groups is 1. The zero-order valence-electron chi connectivity index (χ0n) is 16.4. The lowest BCUT2D eigenvalue weighted by atomic mass is 10.0. The van der Waals surface area contributed by atoms with Crippen LogP contribution in [0, 0.1) is 0 Å². The van der Waals surface area contributed by atoms with Gasteiger partial charge in [0.2, 0.25) is 0 Å². The SMILES string of the molecule is O=C(Nc1cc(Cl)ccc1Oc1ccccc1)c1cnc2sc3c(n2c1=O)CCCC3. The normalized spacial score (nSPS) is 13.1. The van der Waals surface area contributed by atoms with Gasteiger partial charge in [-0.15, -0.1) is 11.3 Å². The predicted octanol–water partition coefficient (Wildman–Crippen LogP) is 5.33. The van der Waals surface area contributed by atoms with Gasteiger partial charge in [0.05, 0.1) is 5.69 Å². The number of ether oxygens (including phenoxy) is 1. The molecule has 2 aromatic carbocycles. The number of thiazole rings is 1. The Hall–Kier alpha value is -3.16. The van der Waals surface area contributed by atoms with E-state index < -0.39 is 5.91 Å². The molecule has 5 rings (SSSR count). The molecule has 1 aliphatic carbocycles. The fourth-order valence-electron chi connectivity index (χ4n) is 3.72. The molecule has 156 valence electrons. The summed E-state index contributed by atoms with van der Waals surface area (Å²) in [5, 5.41) is 3.21. The van der Waals surface area contributed by atoms with Gasteiger partial charge < -0.3 is 10.1 Å². The van der Waals surface area contributed by atoms with Gasteiger partial charge in [-0.2, -0.15) is 0 Å². The highest BCUT2D eigenvalue weighted by molar-refractivity contribution is 7.17. The Morgan fingerprint density at radius 1 is 1.13 bits per heavy atom. The molecule has 1 N–H and O–H groups in total. The first-order valence-corrected chi connectivity index (χ1v) is 11.2. The number of benzene rings is 2. The Labute approximate surface area is 187 Å². The summed E-state index contributed by atoms with van der Waals surface area (Å²) >= 11 is 7.67. The molecule has 2 heterocycles. The summed E-state index contributed by atoms with van der Waals surface area (Å²) in [4.78, 5) is 32.4. The van der Waals surface area contributed by atoms with Gasteiger partial charge in [-0.05, 0) is 56.0 Å². The van der Waals surface area contributed by atoms with Gasteiger partial charge in [0.25, 0.3) is 11.5 Å². The highest BCUT2D eigenvalue weighted by Crippen LogP contribution is 2.32. The van der Waals surface area contributed by atoms with Gasteiger partial charge in [-0.3, -0.25) is 14.0 Å². The van der Waals surface area contributed by atoms with E-state index in [4.69, 9.17) is 16.3 Å². The molecule has 0 aliphatic heterocycles. The van der Waals surface area contributed by atoms with E-state index in [-0.39, 0.29) is 11.1 Å². The molecule has 0 bridgehead atoms. The number of aryl methyl sites for hydroxylation is 2. The number of para-hydroxylation sites is 1. The second-order valence-corrected chi connectivity index (χ2v) is 8.78. The zero-order chi connectivity index (χ0) is 21.4. The number of aromatic nitrogens is 2. The molecule has 4 aromatic rings. The molecule has 6 nitrogen and oxygen atoms in total. The number of anilines is 1. The van der Waals surface area contributed by atoms with Gasteiger partial charge in [0.15, 0.2) is 10.7 Å². The van der Waals surface area contributed by atoms with Crippen LogP contribution in [0.15, 0.2) is 59.5 Å². The average molecular weight is 452 g/mol. The van der Waals surface area contributed by atoms with Crippen LogP contribution in [-0.4, -0.2) is 15.3 Å². The van der Waals surface area contributed by atoms with Crippen molar-refractivity contribution >= 4 is 39.5 Å². The van der Waals surface area contributed by atoms with Crippen LogP contribution >= 0.6 is 22.9 Å². The summed E-state index contributed by atoms with van der Waals surface area (Å²) in [5.41, 5.74) is 0.983. The maximum absolute atomic E-state index is 13.1. The van der Waals surface area contributed by atoms with E-state index >= 15 is 0 Å². The molecular weight excluding hydrogens is 434 g/mol. The van der Waals surface area contributed by atoms with Crippen molar-refractivity contribution in [3.05, 3.63) is 86.2 Å². The molecule has 0 fully saturated rings. The van der Waals surface area contributed by atoms with Crippen LogP contribution < -0.4 is 15.6 Å². The van der Waals surface area contributed by atoms with E-state index in [0.29, 0.717) is 27.2 Å². The zero-order valence-corrected chi connectivity index (χ0v) is 18.0. The number of rotatable bonds is 4. The van der Waals surface area contributed by atoms with Crippen molar-refractivity contribution in [2.75, 3.05) is 5.32 Å². The van der Waals surface area contributed by atoms with Crippen LogP contribution in [0.5, 0.6) is 11.5 Å². The van der Waals surface area contributed by atoms with Crippen LogP contribution in [0.4, 0.5) is 5.69 Å². The van der Waals surface area contributed by atoms with Gasteiger partial charge >= 0.3 is 0 Å². The molecule has 31 heavy (non-hydrogen) atoms. The van der Waals surface area contributed by atoms with E-state index in [2.05, 4.69) is 10.3 Å². The molecule has 8 heteroatoms. The standard InChI is InChI=1S/C23H18ClN3O3S/c24-14-10-11-19(30-15-6-2-1-3-7-15)17(12-14)26-21(28)16-13-25-23-27(22(16)29)18-8-4-5-9-20(18)31-23/h1-3,6-7,10-13H,4-5,8-9H2,(H,26,28). The van der Waals surface area contributed by atoms with Crippen LogP contribution in [0.2, 0.25) is 5.02 Å². The third-order valence-corrected chi connectivity index (χ3v) is 6.60. The predicted molar refractivity (Wildman–Crippen MR) is 122 cm³/mol. The molecule has 2 aromatic heterocycles. The first-order chi connectivity index (χ1) is 15.1. The minimum absolute atomic E-state index is 0.0192. The Morgan fingerprint density at radius 2 is 1.94 bits per heavy atom. The summed E-state index contributed by atoms with van der Waals surface area (Å²) in [7, 11) is 0. The number of amides is 1. The lowest BCUT2D eigenvalue weighted by Crippen LogP contribution is -2.27. The molecular formula is C23H18ClN3O3S. The highest BCUT2D eigenvalue weighted by Gasteiger charge is 2.22. The van der Waals surface area contributed by atoms with Crippen molar-refractivity contribution in [1.82, 2.24) is 9.38 Å². The third-order valence-electron chi connectivity index (χ3n) is 5.21. The number of nitrogens with zero attached hydrogens (tertiary/aromatic N) is 2. The monoisotopic (exact) mass is 451 g/mol. The van der Waals surface area contributed by atoms with Crippen molar-refractivity contribution < 1.29 is 9.53 Å². The van der Waals surface area contributed by atoms with Crippen LogP contribution in [-0.2, 0) is 12.8 Å². The van der Waals surface area contributed by atoms with Crippen molar-refractivity contribution in [2.45, 2.75) is 25.7 Å². The smallest absolute Gasteiger partial charge is 0.271 e. The number of fused-ring (bicyclic) bond motifs is 3. The minimum atomic E-state index is -0.553. The van der Waals surface area contributed by atoms with Gasteiger partial charge in [0, 0.05) is 21.8 Å². The summed E-state index contributed by atoms with van der Waals surface area (Å²) in [6.07, 6.45) is 5.26. The largest absolute Gasteiger partial charge is 0.455 e. The summed E-state index contributed by atoms with van der Waals surface area (Å²) in [6, 6.07) is 14.2. The van der Waals surface area contributed by atoms with Crippen LogP contribution in [0.25, 0.3) is 4.96 Å². The van der Waals surface area contributed by atoms with Crippen molar-refractivity contribution in [1.29, 1.82) is 0 Å². The highest BCUT2D eigenvalue weighted by atomic mass is 35.5. The van der Waals surface area contributed by atoms with E-state index in [1.165, 1.54) is 22.4 Å². The maximum Gasteiger partial charge on any atom is 0.271 e. The number of carbonyl (C=O) groups excluding carboxylic acids is 1. The first-order valence-electron chi connectivity index (χ1n) is 9.96. The van der Waals surface area contributed by atoms with Crippen molar-refractivity contribution in [3.8, 4) is 11.5 Å². The van der Waals surface area contributed by atoms with Gasteiger partial charge in [0.1, 0.15) is 11.3 Å². The maximum atomic E-state index is 13.1. The van der Waals surface area contributed by atoms with Crippen LogP contribution in [0.3, 0.4) is 0 Å². The summed E-state index contributed by atoms with van der Waals surface area (Å²) < 4.78 is 7.48. The average Bonchev–Trinajstić information content (AvgIpc) is 3.16. The lowest BCUT2D eigenvalue weighted by molar-refractivity contribution is 0.102. The Morgan fingerprint density at radius 3 is 2.77 bits per heavy atom. The van der Waals surface area contributed by atoms with E-state index in [0.717, 1.165) is 31.4 Å². The molecule has 0 atom stereocenters. The third kappa shape index (κ3) is 3.82. The van der Waals surface area contributed by atoms with E-state index in [9.17, 15) is 9.59 Å². The Balaban J connectivity index is 1.49. The molecule has 0 spiro atoms. The van der Waals surface area contributed by atoms with E-state index in [1.807, 2.05) is 30.3 Å². The molecule has 0 unspecified atom stereocenters. The minimum Gasteiger partial charge on any atom is -0.455 e. The fraction of sp³-hybridized carbons (Fsp3) is 0.174. The lowest BCUT2D eigenvalue weighted by Gasteiger charge is -2.13. The van der Waals surface area contributed by atoms with E-state index in [1.54, 1.807) is 22.6 Å². The number of halogens is 1. The topological polar surface area (TPSA) is 72.7 Å². The van der Waals surface area contributed by atoms with Crippen molar-refractivity contribution in [2.24, 2.45) is 0 Å². The van der Waals surface area contributed by atoms with Crippen LogP contribution in [0.1, 0.15) is 33.8 Å². The second-order valence-electron chi connectivity index (χ2n) is 7.28. The molecule has 0 saturated heterocycles. The molecule has 0 saturated carbocycles. The summed E-state index contributed by atoms with van der Waals surface area (Å²) in [6.45, 7) is 0. The Bertz CT molecular complexity index is 1350. The van der Waals surface area contributed by atoms with Gasteiger partial charge in [-0.25, -0.2) is 4.98 Å². The summed E-state index contributed by atoms with van der Waals surface area (Å²) in [5.74, 6) is 0.488. The first kappa shape index (κ1) is 19.8. The number of hydrogen-bond acceptors (Lipinski definition) is 5. The second kappa shape index (κ2) is 8.17.